The number of halogens is 3. The van der Waals surface area contributed by atoms with Crippen LogP contribution in [-0.4, -0.2) is 18.4 Å². The van der Waals surface area contributed by atoms with Crippen LogP contribution in [0, 0.1) is 11.3 Å². The van der Waals surface area contributed by atoms with Gasteiger partial charge >= 0.3 is 0 Å². The van der Waals surface area contributed by atoms with Crippen LogP contribution < -0.4 is 15.8 Å². The number of anilines is 1. The summed E-state index contributed by atoms with van der Waals surface area (Å²) in [6, 6.07) is 11.8. The van der Waals surface area contributed by atoms with Gasteiger partial charge in [0.15, 0.2) is 6.61 Å². The second-order valence-corrected chi connectivity index (χ2v) is 7.40. The number of benzene rings is 2. The first-order valence-corrected chi connectivity index (χ1v) is 9.35. The van der Waals surface area contributed by atoms with Crippen molar-refractivity contribution in [1.82, 2.24) is 0 Å². The molecular formula is C18H12Br2ClN3O3. The maximum absolute atomic E-state index is 12.4. The molecule has 2 aromatic carbocycles. The number of amides is 2. The molecule has 9 heteroatoms. The number of nitrogens with two attached hydrogens (primary N) is 1. The quantitative estimate of drug-likeness (QED) is 0.444. The molecule has 0 radical (unpaired) electrons. The molecule has 2 rings (SSSR count). The molecule has 138 valence electrons. The van der Waals surface area contributed by atoms with Crippen LogP contribution in [0.1, 0.15) is 5.56 Å². The summed E-state index contributed by atoms with van der Waals surface area (Å²) in [5.74, 6) is -0.990. The summed E-state index contributed by atoms with van der Waals surface area (Å²) in [5, 5.41) is 12.4. The van der Waals surface area contributed by atoms with Crippen LogP contribution in [-0.2, 0) is 9.59 Å². The Bertz CT molecular complexity index is 971. The van der Waals surface area contributed by atoms with E-state index in [9.17, 15) is 14.9 Å². The molecule has 6 nitrogen and oxygen atoms in total. The van der Waals surface area contributed by atoms with Crippen LogP contribution in [0.25, 0.3) is 6.08 Å². The number of nitriles is 1. The van der Waals surface area contributed by atoms with Crippen molar-refractivity contribution in [2.75, 3.05) is 11.9 Å². The molecule has 3 N–H and O–H groups in total. The fourth-order valence-electron chi connectivity index (χ4n) is 2.05. The van der Waals surface area contributed by atoms with Gasteiger partial charge in [0.1, 0.15) is 17.4 Å². The van der Waals surface area contributed by atoms with Gasteiger partial charge in [0.2, 0.25) is 0 Å². The summed E-state index contributed by atoms with van der Waals surface area (Å²) >= 11 is 12.5. The normalized spacial score (nSPS) is 10.8. The number of nitrogens with zero attached hydrogens (tertiary/aromatic N) is 1. The highest BCUT2D eigenvalue weighted by atomic mass is 79.9. The van der Waals surface area contributed by atoms with Crippen LogP contribution in [0.15, 0.2) is 50.9 Å². The van der Waals surface area contributed by atoms with Gasteiger partial charge in [-0.1, -0.05) is 33.6 Å². The van der Waals surface area contributed by atoms with Crippen LogP contribution in [0.5, 0.6) is 5.75 Å². The number of rotatable bonds is 6. The van der Waals surface area contributed by atoms with Gasteiger partial charge in [-0.15, -0.1) is 0 Å². The third-order valence-electron chi connectivity index (χ3n) is 3.14. The van der Waals surface area contributed by atoms with Gasteiger partial charge in [-0.3, -0.25) is 9.59 Å². The number of hydrogen-bond donors (Lipinski definition) is 2. The summed E-state index contributed by atoms with van der Waals surface area (Å²) in [6.45, 7) is -0.350. The van der Waals surface area contributed by atoms with E-state index in [0.29, 0.717) is 25.2 Å². The van der Waals surface area contributed by atoms with Gasteiger partial charge in [-0.2, -0.15) is 5.26 Å². The van der Waals surface area contributed by atoms with E-state index in [-0.39, 0.29) is 17.9 Å². The highest BCUT2D eigenvalue weighted by Gasteiger charge is 2.15. The van der Waals surface area contributed by atoms with Gasteiger partial charge < -0.3 is 15.8 Å². The van der Waals surface area contributed by atoms with E-state index in [2.05, 4.69) is 37.2 Å². The molecule has 0 aromatic heterocycles. The van der Waals surface area contributed by atoms with Crippen LogP contribution in [0.3, 0.4) is 0 Å². The SMILES string of the molecule is N#C/C(=C/c1cc(Br)cc(Br)c1OCC(N)=O)C(=O)Nc1cccc(Cl)c1. The van der Waals surface area contributed by atoms with Crippen molar-refractivity contribution < 1.29 is 14.3 Å². The first-order valence-electron chi connectivity index (χ1n) is 7.39. The molecule has 0 aliphatic heterocycles. The molecule has 2 aromatic rings. The summed E-state index contributed by atoms with van der Waals surface area (Å²) in [6.07, 6.45) is 1.35. The molecule has 0 fully saturated rings. The molecular weight excluding hydrogens is 501 g/mol. The van der Waals surface area contributed by atoms with Crippen molar-refractivity contribution in [3.05, 3.63) is 61.5 Å². The summed E-state index contributed by atoms with van der Waals surface area (Å²) in [5.41, 5.74) is 5.82. The third-order valence-corrected chi connectivity index (χ3v) is 4.43. The van der Waals surface area contributed by atoms with Gasteiger partial charge in [-0.05, 0) is 52.3 Å². The van der Waals surface area contributed by atoms with Crippen LogP contribution in [0.2, 0.25) is 5.02 Å². The fraction of sp³-hybridized carbons (Fsp3) is 0.0556. The Morgan fingerprint density at radius 1 is 1.30 bits per heavy atom. The minimum absolute atomic E-state index is 0.163. The summed E-state index contributed by atoms with van der Waals surface area (Å²) in [4.78, 5) is 23.4. The largest absolute Gasteiger partial charge is 0.482 e. The number of carbonyl (C=O) groups is 2. The molecule has 0 saturated carbocycles. The van der Waals surface area contributed by atoms with Crippen molar-refractivity contribution in [3.8, 4) is 11.8 Å². The maximum Gasteiger partial charge on any atom is 0.266 e. The second kappa shape index (κ2) is 9.55. The lowest BCUT2D eigenvalue weighted by Crippen LogP contribution is -2.20. The van der Waals surface area contributed by atoms with Gasteiger partial charge in [0.05, 0.1) is 4.47 Å². The van der Waals surface area contributed by atoms with E-state index in [1.54, 1.807) is 36.4 Å². The molecule has 0 bridgehead atoms. The predicted octanol–water partition coefficient (Wildman–Crippen LogP) is 4.27. The Morgan fingerprint density at radius 2 is 2.04 bits per heavy atom. The molecule has 0 saturated heterocycles. The van der Waals surface area contributed by atoms with Crippen molar-refractivity contribution in [1.29, 1.82) is 5.26 Å². The zero-order valence-corrected chi connectivity index (χ0v) is 17.6. The minimum atomic E-state index is -0.654. The third kappa shape index (κ3) is 6.10. The average molecular weight is 514 g/mol. The first kappa shape index (κ1) is 21.0. The highest BCUT2D eigenvalue weighted by Crippen LogP contribution is 2.34. The number of carbonyl (C=O) groups excluding carboxylic acids is 2. The molecule has 0 spiro atoms. The average Bonchev–Trinajstić information content (AvgIpc) is 2.58. The van der Waals surface area contributed by atoms with Crippen molar-refractivity contribution in [2.24, 2.45) is 5.73 Å². The molecule has 0 atom stereocenters. The number of ether oxygens (including phenoxy) is 1. The minimum Gasteiger partial charge on any atom is -0.482 e. The summed E-state index contributed by atoms with van der Waals surface area (Å²) in [7, 11) is 0. The highest BCUT2D eigenvalue weighted by molar-refractivity contribution is 9.11. The topological polar surface area (TPSA) is 105 Å². The maximum atomic E-state index is 12.4. The number of primary amides is 1. The molecule has 0 aliphatic carbocycles. The lowest BCUT2D eigenvalue weighted by atomic mass is 10.1. The van der Waals surface area contributed by atoms with E-state index in [4.69, 9.17) is 22.1 Å². The van der Waals surface area contributed by atoms with E-state index in [1.807, 2.05) is 6.07 Å². The van der Waals surface area contributed by atoms with E-state index < -0.39 is 11.8 Å². The first-order chi connectivity index (χ1) is 12.8. The van der Waals surface area contributed by atoms with Crippen molar-refractivity contribution >= 4 is 67.0 Å². The standard InChI is InChI=1S/C18H12Br2ClN3O3/c19-12-5-10(17(15(20)6-12)27-9-16(23)25)4-11(8-22)18(26)24-14-3-1-2-13(21)7-14/h1-7H,9H2,(H2,23,25)(H,24,26)/b11-4-. The van der Waals surface area contributed by atoms with E-state index >= 15 is 0 Å². The second-order valence-electron chi connectivity index (χ2n) is 5.20. The lowest BCUT2D eigenvalue weighted by molar-refractivity contribution is -0.120. The molecule has 0 unspecified atom stereocenters. The van der Waals surface area contributed by atoms with Gasteiger partial charge in [-0.25, -0.2) is 0 Å². The Labute approximate surface area is 177 Å². The van der Waals surface area contributed by atoms with Crippen molar-refractivity contribution in [3.63, 3.8) is 0 Å². The Kier molecular flexibility index (Phi) is 7.42. The van der Waals surface area contributed by atoms with Crippen LogP contribution >= 0.6 is 43.5 Å². The summed E-state index contributed by atoms with van der Waals surface area (Å²) < 4.78 is 6.60. The van der Waals surface area contributed by atoms with E-state index in [0.717, 1.165) is 0 Å². The molecule has 0 aliphatic rings. The Balaban J connectivity index is 2.37. The predicted molar refractivity (Wildman–Crippen MR) is 110 cm³/mol. The van der Waals surface area contributed by atoms with Gasteiger partial charge in [0, 0.05) is 20.7 Å². The molecule has 0 heterocycles. The van der Waals surface area contributed by atoms with Gasteiger partial charge in [0.25, 0.3) is 11.8 Å². The molecule has 27 heavy (non-hydrogen) atoms. The Hall–Kier alpha value is -2.34. The molecule has 2 amide bonds. The monoisotopic (exact) mass is 511 g/mol. The number of nitrogens with one attached hydrogen (secondary N) is 1. The fourth-order valence-corrected chi connectivity index (χ4v) is 3.61. The zero-order chi connectivity index (χ0) is 20.0. The van der Waals surface area contributed by atoms with E-state index in [1.165, 1.54) is 6.08 Å². The lowest BCUT2D eigenvalue weighted by Gasteiger charge is -2.11. The van der Waals surface area contributed by atoms with Crippen LogP contribution in [0.4, 0.5) is 5.69 Å². The number of hydrogen-bond acceptors (Lipinski definition) is 4. The zero-order valence-electron chi connectivity index (χ0n) is 13.6. The van der Waals surface area contributed by atoms with Crippen molar-refractivity contribution in [2.45, 2.75) is 0 Å². The Morgan fingerprint density at radius 3 is 2.67 bits per heavy atom. The smallest absolute Gasteiger partial charge is 0.266 e.